The molecule has 0 fully saturated rings. The molecule has 0 aromatic heterocycles. The molecule has 11 heteroatoms. The Morgan fingerprint density at radius 1 is 1.24 bits per heavy atom. The van der Waals surface area contributed by atoms with Crippen LogP contribution in [0.25, 0.3) is 0 Å². The molecule has 0 bridgehead atoms. The van der Waals surface area contributed by atoms with E-state index < -0.39 is 26.5 Å². The second-order valence-electron chi connectivity index (χ2n) is 6.00. The Morgan fingerprint density at radius 2 is 1.90 bits per heavy atom. The van der Waals surface area contributed by atoms with E-state index in [1.165, 1.54) is 29.4 Å². The third kappa shape index (κ3) is 4.87. The van der Waals surface area contributed by atoms with E-state index in [9.17, 15) is 28.0 Å². The molecule has 0 aliphatic carbocycles. The van der Waals surface area contributed by atoms with E-state index in [4.69, 9.17) is 0 Å². The Labute approximate surface area is 167 Å². The first-order chi connectivity index (χ1) is 13.6. The smallest absolute Gasteiger partial charge is 0.295 e. The van der Waals surface area contributed by atoms with E-state index >= 15 is 0 Å². The van der Waals surface area contributed by atoms with Gasteiger partial charge in [-0.1, -0.05) is 13.8 Å². The summed E-state index contributed by atoms with van der Waals surface area (Å²) in [6.45, 7) is 5.28. The zero-order chi connectivity index (χ0) is 21.8. The van der Waals surface area contributed by atoms with Gasteiger partial charge in [0.1, 0.15) is 17.3 Å². The van der Waals surface area contributed by atoms with Crippen molar-refractivity contribution in [3.8, 4) is 5.75 Å². The van der Waals surface area contributed by atoms with Gasteiger partial charge in [-0.05, 0) is 37.3 Å². The molecule has 0 amide bonds. The summed E-state index contributed by atoms with van der Waals surface area (Å²) in [5.74, 6) is -0.783. The Balaban J connectivity index is 2.42. The highest BCUT2D eigenvalue weighted by atomic mass is 32.2. The standard InChI is InChI=1S/C18H21FN4O5S/c1-4-22(5-2)29(27,28)14-7-8-16(17(11-14)23(25)26)21-20-12(3)15-10-13(19)6-9-18(15)24/h6-11,21,24H,4-5H2,1-3H3/b20-12-. The van der Waals surface area contributed by atoms with Gasteiger partial charge in [-0.3, -0.25) is 15.5 Å². The first kappa shape index (κ1) is 22.2. The quantitative estimate of drug-likeness (QED) is 0.380. The molecule has 0 heterocycles. The number of benzene rings is 2. The average Bonchev–Trinajstić information content (AvgIpc) is 2.68. The number of anilines is 1. The number of hydrogen-bond donors (Lipinski definition) is 2. The van der Waals surface area contributed by atoms with Crippen LogP contribution in [-0.2, 0) is 10.0 Å². The van der Waals surface area contributed by atoms with Crippen LogP contribution in [0.5, 0.6) is 5.75 Å². The van der Waals surface area contributed by atoms with Crippen molar-refractivity contribution in [2.75, 3.05) is 18.5 Å². The maximum absolute atomic E-state index is 13.4. The number of nitrogens with zero attached hydrogens (tertiary/aromatic N) is 3. The van der Waals surface area contributed by atoms with Crippen molar-refractivity contribution >= 4 is 27.1 Å². The summed E-state index contributed by atoms with van der Waals surface area (Å²) in [5, 5.41) is 25.2. The van der Waals surface area contributed by atoms with Crippen molar-refractivity contribution in [2.45, 2.75) is 25.7 Å². The number of aromatic hydroxyl groups is 1. The van der Waals surface area contributed by atoms with E-state index in [1.54, 1.807) is 13.8 Å². The van der Waals surface area contributed by atoms with Gasteiger partial charge in [-0.2, -0.15) is 9.41 Å². The molecule has 0 saturated carbocycles. The number of nitrogens with one attached hydrogen (secondary N) is 1. The van der Waals surface area contributed by atoms with E-state index in [1.807, 2.05) is 0 Å². The van der Waals surface area contributed by atoms with Gasteiger partial charge in [-0.25, -0.2) is 12.8 Å². The molecule has 0 radical (unpaired) electrons. The van der Waals surface area contributed by atoms with Crippen molar-refractivity contribution in [1.82, 2.24) is 4.31 Å². The van der Waals surface area contributed by atoms with Gasteiger partial charge in [0.2, 0.25) is 10.0 Å². The molecular formula is C18H21FN4O5S. The third-order valence-electron chi connectivity index (χ3n) is 4.20. The van der Waals surface area contributed by atoms with Gasteiger partial charge in [0.05, 0.1) is 15.5 Å². The van der Waals surface area contributed by atoms with Crippen LogP contribution in [0.4, 0.5) is 15.8 Å². The number of halogens is 1. The molecule has 2 aromatic carbocycles. The summed E-state index contributed by atoms with van der Waals surface area (Å²) in [5.41, 5.74) is 2.23. The molecule has 2 rings (SSSR count). The number of hydrazone groups is 1. The fraction of sp³-hybridized carbons (Fsp3) is 0.278. The Bertz CT molecular complexity index is 1050. The zero-order valence-electron chi connectivity index (χ0n) is 16.1. The second kappa shape index (κ2) is 8.97. The van der Waals surface area contributed by atoms with Crippen LogP contribution in [0, 0.1) is 15.9 Å². The van der Waals surface area contributed by atoms with Gasteiger partial charge in [-0.15, -0.1) is 0 Å². The number of rotatable bonds is 8. The topological polar surface area (TPSA) is 125 Å². The zero-order valence-corrected chi connectivity index (χ0v) is 16.9. The minimum atomic E-state index is -3.87. The largest absolute Gasteiger partial charge is 0.507 e. The number of hydrogen-bond acceptors (Lipinski definition) is 7. The van der Waals surface area contributed by atoms with E-state index in [0.29, 0.717) is 0 Å². The molecule has 0 atom stereocenters. The van der Waals surface area contributed by atoms with Crippen LogP contribution in [0.3, 0.4) is 0 Å². The number of phenols is 1. The maximum atomic E-state index is 13.4. The monoisotopic (exact) mass is 424 g/mol. The molecule has 29 heavy (non-hydrogen) atoms. The fourth-order valence-electron chi connectivity index (χ4n) is 2.63. The predicted molar refractivity (Wildman–Crippen MR) is 107 cm³/mol. The van der Waals surface area contributed by atoms with Gasteiger partial charge < -0.3 is 5.11 Å². The normalized spacial score (nSPS) is 12.2. The highest BCUT2D eigenvalue weighted by molar-refractivity contribution is 7.89. The Morgan fingerprint density at radius 3 is 2.48 bits per heavy atom. The first-order valence-corrected chi connectivity index (χ1v) is 10.1. The summed E-state index contributed by atoms with van der Waals surface area (Å²) in [6, 6.07) is 6.76. The van der Waals surface area contributed by atoms with Crippen molar-refractivity contribution in [3.63, 3.8) is 0 Å². The van der Waals surface area contributed by atoms with Crippen LogP contribution in [-0.4, -0.2) is 41.6 Å². The SMILES string of the molecule is CCN(CC)S(=O)(=O)c1ccc(N/N=C(/C)c2cc(F)ccc2O)c([N+](=O)[O-])c1. The summed E-state index contributed by atoms with van der Waals surface area (Å²) in [4.78, 5) is 10.5. The molecule has 2 aromatic rings. The van der Waals surface area contributed by atoms with E-state index in [0.717, 1.165) is 18.2 Å². The molecule has 0 saturated heterocycles. The molecule has 0 spiro atoms. The van der Waals surface area contributed by atoms with Crippen molar-refractivity contribution in [3.05, 3.63) is 57.9 Å². The number of phenolic OH excluding ortho intramolecular Hbond substituents is 1. The minimum absolute atomic E-state index is 0.0521. The van der Waals surface area contributed by atoms with Crippen LogP contribution in [0.2, 0.25) is 0 Å². The van der Waals surface area contributed by atoms with Gasteiger partial charge >= 0.3 is 0 Å². The molecule has 2 N–H and O–H groups in total. The van der Waals surface area contributed by atoms with Crippen LogP contribution < -0.4 is 5.43 Å². The maximum Gasteiger partial charge on any atom is 0.295 e. The van der Waals surface area contributed by atoms with Crippen molar-refractivity contribution < 1.29 is 22.8 Å². The highest BCUT2D eigenvalue weighted by Gasteiger charge is 2.25. The van der Waals surface area contributed by atoms with Crippen molar-refractivity contribution in [2.24, 2.45) is 5.10 Å². The van der Waals surface area contributed by atoms with Crippen molar-refractivity contribution in [1.29, 1.82) is 0 Å². The molecule has 9 nitrogen and oxygen atoms in total. The lowest BCUT2D eigenvalue weighted by atomic mass is 10.1. The number of nitro benzene ring substituents is 1. The minimum Gasteiger partial charge on any atom is -0.507 e. The molecular weight excluding hydrogens is 403 g/mol. The van der Waals surface area contributed by atoms with Crippen LogP contribution >= 0.6 is 0 Å². The Hall–Kier alpha value is -3.05. The number of sulfonamides is 1. The molecule has 156 valence electrons. The Kier molecular flexibility index (Phi) is 6.88. The summed E-state index contributed by atoms with van der Waals surface area (Å²) in [7, 11) is -3.87. The summed E-state index contributed by atoms with van der Waals surface area (Å²) < 4.78 is 39.8. The second-order valence-corrected chi connectivity index (χ2v) is 7.93. The molecule has 0 aliphatic heterocycles. The van der Waals surface area contributed by atoms with Gasteiger partial charge in [0.25, 0.3) is 5.69 Å². The van der Waals surface area contributed by atoms with Gasteiger partial charge in [0.15, 0.2) is 0 Å². The molecule has 0 aliphatic rings. The number of nitro groups is 1. The van der Waals surface area contributed by atoms with E-state index in [-0.39, 0.29) is 40.7 Å². The average molecular weight is 424 g/mol. The predicted octanol–water partition coefficient (Wildman–Crippen LogP) is 3.31. The third-order valence-corrected chi connectivity index (χ3v) is 6.25. The fourth-order valence-corrected chi connectivity index (χ4v) is 4.11. The first-order valence-electron chi connectivity index (χ1n) is 8.69. The van der Waals surface area contributed by atoms with Crippen LogP contribution in [0.1, 0.15) is 26.3 Å². The lowest BCUT2D eigenvalue weighted by molar-refractivity contribution is -0.384. The summed E-state index contributed by atoms with van der Waals surface area (Å²) in [6.07, 6.45) is 0. The van der Waals surface area contributed by atoms with Crippen LogP contribution in [0.15, 0.2) is 46.4 Å². The van der Waals surface area contributed by atoms with Gasteiger partial charge in [0, 0.05) is 24.7 Å². The summed E-state index contributed by atoms with van der Waals surface area (Å²) >= 11 is 0. The molecule has 0 unspecified atom stereocenters. The van der Waals surface area contributed by atoms with E-state index in [2.05, 4.69) is 10.5 Å². The highest BCUT2D eigenvalue weighted by Crippen LogP contribution is 2.29. The lowest BCUT2D eigenvalue weighted by Crippen LogP contribution is -2.30. The lowest BCUT2D eigenvalue weighted by Gasteiger charge is -2.18.